The molecule has 0 saturated carbocycles. The van der Waals surface area contributed by atoms with Crippen molar-refractivity contribution in [3.05, 3.63) is 69.6 Å². The van der Waals surface area contributed by atoms with Crippen molar-refractivity contribution in [1.29, 1.82) is 0 Å². The minimum absolute atomic E-state index is 0.0180. The number of benzene rings is 3. The van der Waals surface area contributed by atoms with Crippen LogP contribution < -0.4 is 20.4 Å². The SMILES string of the molecule is CO[C@H]1/C=C/O[C@@]2(C)Oc3c(C)c(O)c4c(=O)c(c5oc6cc(N7CCN(CC(C)C)CC7)cc(O)c6nc-5c4c3C2=O)NC(=O)/C(C)=C\C=C\[C@H](C)[C@H](OC(=O)CBr)[C@@H](C)[C@@H](O)[C@@H](C)[C@H](OC(C)=O)[C@@H]1C. The summed E-state index contributed by atoms with van der Waals surface area (Å²) in [5, 5.41) is 37.6. The van der Waals surface area contributed by atoms with Gasteiger partial charge in [-0.15, -0.1) is 0 Å². The number of phenols is 2. The number of hydrogen-bond donors (Lipinski definition) is 4. The average Bonchev–Trinajstić information content (AvgIpc) is 3.60. The molecule has 4 bridgehead atoms. The van der Waals surface area contributed by atoms with E-state index in [2.05, 4.69) is 44.9 Å². The molecule has 1 fully saturated rings. The van der Waals surface area contributed by atoms with E-state index < -0.39 is 94.4 Å². The Labute approximate surface area is 426 Å². The summed E-state index contributed by atoms with van der Waals surface area (Å²) in [6.45, 7) is 20.8. The Morgan fingerprint density at radius 1 is 0.972 bits per heavy atom. The number of ether oxygens (including phenoxy) is 5. The molecule has 0 aromatic heterocycles. The lowest BCUT2D eigenvalue weighted by atomic mass is 9.78. The summed E-state index contributed by atoms with van der Waals surface area (Å²) < 4.78 is 36.5. The highest BCUT2D eigenvalue weighted by atomic mass is 79.9. The van der Waals surface area contributed by atoms with Gasteiger partial charge in [0.15, 0.2) is 11.3 Å². The van der Waals surface area contributed by atoms with E-state index in [0.717, 1.165) is 19.6 Å². The molecule has 9 atom stereocenters. The molecule has 4 aliphatic heterocycles. The zero-order valence-corrected chi connectivity index (χ0v) is 44.1. The lowest BCUT2D eigenvalue weighted by Crippen LogP contribution is -2.47. The quantitative estimate of drug-likeness (QED) is 0.0611. The molecule has 0 radical (unpaired) electrons. The monoisotopic (exact) mass is 1060 g/mol. The maximum Gasteiger partial charge on any atom is 0.316 e. The van der Waals surface area contributed by atoms with E-state index in [-0.39, 0.29) is 66.9 Å². The van der Waals surface area contributed by atoms with Crippen LogP contribution >= 0.6 is 15.9 Å². The molecule has 4 N–H and O–H groups in total. The number of alkyl halides is 1. The van der Waals surface area contributed by atoms with Crippen LogP contribution in [-0.2, 0) is 33.3 Å². The second-order valence-corrected chi connectivity index (χ2v) is 20.4. The molecule has 18 nitrogen and oxygen atoms in total. The van der Waals surface area contributed by atoms with Crippen LogP contribution in [0.4, 0.5) is 11.4 Å². The van der Waals surface area contributed by atoms with Crippen molar-refractivity contribution in [2.45, 2.75) is 99.4 Å². The second kappa shape index (κ2) is 21.6. The molecule has 0 spiro atoms. The molecular formula is C53H65BrN4O14. The highest BCUT2D eigenvalue weighted by Gasteiger charge is 2.50. The number of phenolic OH excluding ortho intramolecular Hbond substituents is 2. The number of halogens is 1. The van der Waals surface area contributed by atoms with Crippen LogP contribution in [0.3, 0.4) is 0 Å². The van der Waals surface area contributed by atoms with Gasteiger partial charge in [-0.1, -0.05) is 75.7 Å². The highest BCUT2D eigenvalue weighted by Crippen LogP contribution is 2.51. The van der Waals surface area contributed by atoms with Gasteiger partial charge in [0.05, 0.1) is 29.4 Å². The number of nitrogens with one attached hydrogen (secondary N) is 1. The standard InChI is InChI=1S/C53H65BrN4O14/c1-25(2)24-57-16-18-58(19-17-57)33-21-34(60)41-36(22-33)70-50-42(55-41)38-39-45(63)31(8)49-40(38)51(65)53(10,72-49)68-20-15-35(67-11)28(5)48(69-32(9)59)30(7)44(62)29(6)47(71-37(61)23-54)26(3)13-12-14-27(4)52(66)56-43(50)46(39)64/h12-15,20-22,25-26,28-30,35,44,47-48,60,62-63H,16-19,23-24H2,1-11H3,(H,56,66)/b13-12+,20-15+,27-14-/t26-,28+,29-,30+,35-,44+,47-,48+,53-/m0/s1. The summed E-state index contributed by atoms with van der Waals surface area (Å²) in [5.41, 5.74) is -0.769. The van der Waals surface area contributed by atoms with Crippen molar-refractivity contribution < 1.29 is 62.6 Å². The number of nitrogens with zero attached hydrogens (tertiary/aromatic N) is 3. The minimum atomic E-state index is -2.10. The number of Topliss-reactive ketones (excluding diaryl/α,β-unsaturated/α-hetero) is 1. The highest BCUT2D eigenvalue weighted by molar-refractivity contribution is 9.09. The summed E-state index contributed by atoms with van der Waals surface area (Å²) in [7, 11) is 1.43. The van der Waals surface area contributed by atoms with E-state index in [1.54, 1.807) is 52.0 Å². The molecule has 2 aromatic carbocycles. The molecule has 0 unspecified atom stereocenters. The molecule has 1 amide bonds. The van der Waals surface area contributed by atoms with Crippen molar-refractivity contribution in [3.8, 4) is 28.7 Å². The number of amides is 1. The number of aliphatic hydroxyl groups excluding tert-OH is 1. The van der Waals surface area contributed by atoms with Gasteiger partial charge in [-0.2, -0.15) is 0 Å². The Morgan fingerprint density at radius 2 is 1.65 bits per heavy atom. The summed E-state index contributed by atoms with van der Waals surface area (Å²) >= 11 is 3.16. The van der Waals surface area contributed by atoms with Crippen molar-refractivity contribution >= 4 is 72.8 Å². The van der Waals surface area contributed by atoms with Crippen LogP contribution in [0, 0.1) is 36.5 Å². The average molecular weight is 1060 g/mol. The summed E-state index contributed by atoms with van der Waals surface area (Å²) in [4.78, 5) is 78.8. The van der Waals surface area contributed by atoms with Gasteiger partial charge in [-0.05, 0) is 25.8 Å². The van der Waals surface area contributed by atoms with Crippen LogP contribution in [0.15, 0.2) is 57.5 Å². The van der Waals surface area contributed by atoms with Crippen LogP contribution in [0.5, 0.6) is 17.2 Å². The smallest absolute Gasteiger partial charge is 0.316 e. The van der Waals surface area contributed by atoms with E-state index in [0.29, 0.717) is 24.7 Å². The number of piperazine rings is 1. The fourth-order valence-electron chi connectivity index (χ4n) is 10.1. The molecule has 388 valence electrons. The normalized spacial score (nSPS) is 28.4. The van der Waals surface area contributed by atoms with Crippen molar-refractivity contribution in [2.24, 2.45) is 29.6 Å². The molecular weight excluding hydrogens is 997 g/mol. The largest absolute Gasteiger partial charge is 0.507 e. The topological polar surface area (TPSA) is 237 Å². The first kappa shape index (κ1) is 53.8. The van der Waals surface area contributed by atoms with Crippen LogP contribution in [0.2, 0.25) is 0 Å². The number of anilines is 2. The molecule has 7 rings (SSSR count). The molecule has 5 aliphatic rings. The second-order valence-electron chi connectivity index (χ2n) is 19.8. The first-order valence-corrected chi connectivity index (χ1v) is 25.3. The minimum Gasteiger partial charge on any atom is -0.507 e. The number of aromatic nitrogens is 1. The number of methoxy groups -OCH3 is 1. The van der Waals surface area contributed by atoms with E-state index in [4.69, 9.17) is 33.1 Å². The molecule has 72 heavy (non-hydrogen) atoms. The van der Waals surface area contributed by atoms with Crippen LogP contribution in [0.25, 0.3) is 33.3 Å². The Bertz CT molecular complexity index is 2890. The third kappa shape index (κ3) is 10.4. The number of esters is 2. The lowest BCUT2D eigenvalue weighted by Gasteiger charge is -2.38. The predicted octanol–water partition coefficient (Wildman–Crippen LogP) is 7.38. The fraction of sp³-hybridized carbons (Fsp3) is 0.509. The Balaban J connectivity index is 1.43. The fourth-order valence-corrected chi connectivity index (χ4v) is 10.3. The number of aromatic hydroxyl groups is 2. The Morgan fingerprint density at radius 3 is 2.29 bits per heavy atom. The van der Waals surface area contributed by atoms with Gasteiger partial charge in [0.2, 0.25) is 5.43 Å². The van der Waals surface area contributed by atoms with E-state index in [1.165, 1.54) is 53.2 Å². The van der Waals surface area contributed by atoms with Gasteiger partial charge >= 0.3 is 17.7 Å². The van der Waals surface area contributed by atoms with Gasteiger partial charge < -0.3 is 53.6 Å². The third-order valence-corrected chi connectivity index (χ3v) is 14.6. The van der Waals surface area contributed by atoms with E-state index in [9.17, 15) is 39.3 Å². The van der Waals surface area contributed by atoms with Gasteiger partial charge in [0.25, 0.3) is 11.7 Å². The van der Waals surface area contributed by atoms with Gasteiger partial charge in [0, 0.05) is 112 Å². The summed E-state index contributed by atoms with van der Waals surface area (Å²) in [6, 6.07) is 3.27. The first-order chi connectivity index (χ1) is 34.0. The summed E-state index contributed by atoms with van der Waals surface area (Å²) in [6.07, 6.45) is 3.54. The number of allylic oxidation sites excluding steroid dienone is 2. The van der Waals surface area contributed by atoms with Gasteiger partial charge in [-0.25, -0.2) is 4.98 Å². The van der Waals surface area contributed by atoms with Crippen molar-refractivity contribution in [2.75, 3.05) is 55.4 Å². The van der Waals surface area contributed by atoms with Crippen molar-refractivity contribution in [1.82, 2.24) is 9.88 Å². The van der Waals surface area contributed by atoms with Gasteiger partial charge in [0.1, 0.15) is 51.7 Å². The number of carbonyl (C=O) groups excluding carboxylic acids is 4. The van der Waals surface area contributed by atoms with E-state index in [1.807, 2.05) is 0 Å². The number of fused-ring (bicyclic) bond motifs is 2. The number of hydrogen-bond acceptors (Lipinski definition) is 17. The number of carbonyl (C=O) groups is 4. The molecule has 1 aliphatic carbocycles. The number of rotatable bonds is 7. The van der Waals surface area contributed by atoms with Crippen molar-refractivity contribution in [3.63, 3.8) is 0 Å². The Hall–Kier alpha value is -6.02. The zero-order valence-electron chi connectivity index (χ0n) is 42.5. The predicted molar refractivity (Wildman–Crippen MR) is 274 cm³/mol. The zero-order chi connectivity index (χ0) is 52.7. The molecule has 19 heteroatoms. The third-order valence-electron chi connectivity index (χ3n) is 14.1. The number of ketones is 1. The van der Waals surface area contributed by atoms with E-state index >= 15 is 0 Å². The summed E-state index contributed by atoms with van der Waals surface area (Å²) in [5.74, 6) is -8.15. The first-order valence-electron chi connectivity index (χ1n) is 24.2. The van der Waals surface area contributed by atoms with Gasteiger partial charge in [-0.3, -0.25) is 28.9 Å². The maximum absolute atomic E-state index is 15.0. The van der Waals surface area contributed by atoms with Crippen LogP contribution in [-0.4, -0.2) is 124 Å². The molecule has 4 heterocycles. The Kier molecular flexibility index (Phi) is 16.1. The van der Waals surface area contributed by atoms with Crippen LogP contribution in [0.1, 0.15) is 78.2 Å². The number of aliphatic hydroxyl groups is 1. The lowest BCUT2D eigenvalue weighted by molar-refractivity contribution is -0.164. The maximum atomic E-state index is 15.0. The molecule has 2 aromatic rings. The molecule has 1 saturated heterocycles.